The molecule has 1 atom stereocenters. The summed E-state index contributed by atoms with van der Waals surface area (Å²) in [5.41, 5.74) is 2.63. The average molecular weight is 482 g/mol. The summed E-state index contributed by atoms with van der Waals surface area (Å²) in [6, 6.07) is 12.8. The number of hydrogen-bond donors (Lipinski definition) is 2. The van der Waals surface area contributed by atoms with Crippen molar-refractivity contribution in [3.63, 3.8) is 0 Å². The van der Waals surface area contributed by atoms with Crippen molar-refractivity contribution in [2.24, 2.45) is 5.92 Å². The van der Waals surface area contributed by atoms with Gasteiger partial charge in [-0.1, -0.05) is 32.0 Å². The van der Waals surface area contributed by atoms with E-state index in [-0.39, 0.29) is 23.1 Å². The highest BCUT2D eigenvalue weighted by Crippen LogP contribution is 2.50. The number of ether oxygens (including phenoxy) is 3. The van der Waals surface area contributed by atoms with Crippen molar-refractivity contribution >= 4 is 28.9 Å². The van der Waals surface area contributed by atoms with Crippen LogP contribution in [0.1, 0.15) is 46.3 Å². The molecule has 0 saturated carbocycles. The molecule has 8 heteroatoms. The van der Waals surface area contributed by atoms with Crippen molar-refractivity contribution in [3.8, 4) is 28.4 Å². The highest BCUT2D eigenvalue weighted by Gasteiger charge is 2.34. The van der Waals surface area contributed by atoms with Gasteiger partial charge in [0.25, 0.3) is 0 Å². The molecule has 0 radical (unpaired) electrons. The molecule has 3 aromatic rings. The zero-order valence-electron chi connectivity index (χ0n) is 19.5. The third kappa shape index (κ3) is 4.59. The summed E-state index contributed by atoms with van der Waals surface area (Å²) in [5, 5.41) is 12.9. The van der Waals surface area contributed by atoms with Crippen LogP contribution in [0.15, 0.2) is 42.5 Å². The number of methoxy groups -OCH3 is 2. The summed E-state index contributed by atoms with van der Waals surface area (Å²) in [6.45, 7) is 4.70. The van der Waals surface area contributed by atoms with Crippen LogP contribution in [0.25, 0.3) is 11.1 Å². The molecule has 0 spiro atoms. The molecule has 0 fully saturated rings. The first-order chi connectivity index (χ1) is 16.3. The van der Waals surface area contributed by atoms with E-state index >= 15 is 0 Å². The number of fused-ring (bicyclic) bond motifs is 1. The van der Waals surface area contributed by atoms with Crippen LogP contribution in [0.3, 0.4) is 0 Å². The van der Waals surface area contributed by atoms with E-state index in [9.17, 15) is 14.7 Å². The number of carboxylic acid groups (broad SMARTS) is 1. The number of nitrogens with one attached hydrogen (secondary N) is 1. The summed E-state index contributed by atoms with van der Waals surface area (Å²) >= 11 is 1.19. The second-order valence-electron chi connectivity index (χ2n) is 8.50. The Morgan fingerprint density at radius 1 is 1.12 bits per heavy atom. The van der Waals surface area contributed by atoms with E-state index in [0.717, 1.165) is 10.4 Å². The maximum atomic E-state index is 12.7. The molecule has 1 amide bonds. The Hall–Kier alpha value is -3.52. The smallest absolute Gasteiger partial charge is 0.346 e. The standard InChI is InChI=1S/C26H27NO6S/c1-14(2)13-33-19-10-7-16(11-20(19)32-4)18-12-21(28)27-23-22(25(26(29)30)34-24(18)23)15-5-8-17(31-3)9-6-15/h5-11,14,18H,12-13H2,1-4H3,(H,27,28)(H,29,30)/t18-/m1/s1. The van der Waals surface area contributed by atoms with E-state index in [1.54, 1.807) is 38.5 Å². The van der Waals surface area contributed by atoms with Crippen molar-refractivity contribution in [2.45, 2.75) is 26.2 Å². The predicted molar refractivity (Wildman–Crippen MR) is 132 cm³/mol. The number of carbonyl (C=O) groups excluding carboxylic acids is 1. The zero-order valence-corrected chi connectivity index (χ0v) is 20.3. The molecule has 0 aliphatic carbocycles. The van der Waals surface area contributed by atoms with Crippen LogP contribution in [0.2, 0.25) is 0 Å². The lowest BCUT2D eigenvalue weighted by molar-refractivity contribution is -0.116. The Kier molecular flexibility index (Phi) is 6.79. The van der Waals surface area contributed by atoms with Gasteiger partial charge in [-0.25, -0.2) is 4.79 Å². The molecule has 0 unspecified atom stereocenters. The predicted octanol–water partition coefficient (Wildman–Crippen LogP) is 5.64. The van der Waals surface area contributed by atoms with Crippen molar-refractivity contribution in [2.75, 3.05) is 26.1 Å². The molecule has 2 N–H and O–H groups in total. The summed E-state index contributed by atoms with van der Waals surface area (Å²) < 4.78 is 16.6. The van der Waals surface area contributed by atoms with Crippen LogP contribution in [0, 0.1) is 5.92 Å². The molecule has 1 aliphatic rings. The molecule has 178 valence electrons. The highest BCUT2D eigenvalue weighted by molar-refractivity contribution is 7.15. The lowest BCUT2D eigenvalue weighted by Gasteiger charge is -2.24. The normalized spacial score (nSPS) is 15.0. The van der Waals surface area contributed by atoms with E-state index in [4.69, 9.17) is 14.2 Å². The first-order valence-corrected chi connectivity index (χ1v) is 11.8. The minimum Gasteiger partial charge on any atom is -0.497 e. The summed E-state index contributed by atoms with van der Waals surface area (Å²) in [6.07, 6.45) is 0.212. The first-order valence-electron chi connectivity index (χ1n) is 11.0. The van der Waals surface area contributed by atoms with E-state index < -0.39 is 5.97 Å². The number of benzene rings is 2. The SMILES string of the molecule is COc1ccc(-c2c(C(=O)O)sc3c2NC(=O)C[C@@H]3c2ccc(OCC(C)C)c(OC)c2)cc1. The fourth-order valence-corrected chi connectivity index (χ4v) is 5.26. The van der Waals surface area contributed by atoms with Crippen molar-refractivity contribution < 1.29 is 28.9 Å². The number of aromatic carboxylic acids is 1. The molecular formula is C26H27NO6S. The van der Waals surface area contributed by atoms with Gasteiger partial charge in [-0.3, -0.25) is 4.79 Å². The van der Waals surface area contributed by atoms with Crippen LogP contribution in [-0.2, 0) is 4.79 Å². The number of hydrogen-bond acceptors (Lipinski definition) is 6. The molecule has 4 rings (SSSR count). The summed E-state index contributed by atoms with van der Waals surface area (Å²) in [4.78, 5) is 25.9. The van der Waals surface area contributed by atoms with Gasteiger partial charge >= 0.3 is 5.97 Å². The molecule has 34 heavy (non-hydrogen) atoms. The van der Waals surface area contributed by atoms with Crippen LogP contribution in [0.5, 0.6) is 17.2 Å². The second kappa shape index (κ2) is 9.77. The molecule has 7 nitrogen and oxygen atoms in total. The van der Waals surface area contributed by atoms with Gasteiger partial charge in [-0.2, -0.15) is 0 Å². The lowest BCUT2D eigenvalue weighted by Crippen LogP contribution is -2.22. The molecule has 0 saturated heterocycles. The largest absolute Gasteiger partial charge is 0.497 e. The molecular weight excluding hydrogens is 454 g/mol. The van der Waals surface area contributed by atoms with Crippen molar-refractivity contribution in [1.82, 2.24) is 0 Å². The summed E-state index contributed by atoms with van der Waals surface area (Å²) in [7, 11) is 3.15. The van der Waals surface area contributed by atoms with Crippen molar-refractivity contribution in [3.05, 3.63) is 57.8 Å². The molecule has 0 bridgehead atoms. The fourth-order valence-electron chi connectivity index (χ4n) is 4.02. The van der Waals surface area contributed by atoms with Crippen LogP contribution < -0.4 is 19.5 Å². The minimum atomic E-state index is -1.03. The maximum Gasteiger partial charge on any atom is 0.346 e. The van der Waals surface area contributed by atoms with Gasteiger partial charge in [0.1, 0.15) is 10.6 Å². The Balaban J connectivity index is 1.80. The van der Waals surface area contributed by atoms with Crippen LogP contribution in [0.4, 0.5) is 5.69 Å². The van der Waals surface area contributed by atoms with Gasteiger partial charge in [0.05, 0.1) is 26.5 Å². The summed E-state index contributed by atoms with van der Waals surface area (Å²) in [5.74, 6) is 0.749. The number of rotatable bonds is 8. The van der Waals surface area contributed by atoms with E-state index in [0.29, 0.717) is 46.6 Å². The Labute approximate surface area is 202 Å². The minimum absolute atomic E-state index is 0.166. The van der Waals surface area contributed by atoms with Gasteiger partial charge in [-0.15, -0.1) is 11.3 Å². The van der Waals surface area contributed by atoms with E-state index in [2.05, 4.69) is 19.2 Å². The third-order valence-corrected chi connectivity index (χ3v) is 6.93. The molecule has 1 aromatic heterocycles. The van der Waals surface area contributed by atoms with Gasteiger partial charge in [0.15, 0.2) is 11.5 Å². The third-order valence-electron chi connectivity index (χ3n) is 5.64. The number of carbonyl (C=O) groups is 2. The first kappa shape index (κ1) is 23.6. The maximum absolute atomic E-state index is 12.7. The van der Waals surface area contributed by atoms with Crippen LogP contribution in [-0.4, -0.2) is 37.8 Å². The zero-order chi connectivity index (χ0) is 24.4. The van der Waals surface area contributed by atoms with Crippen LogP contribution >= 0.6 is 11.3 Å². The Morgan fingerprint density at radius 3 is 2.47 bits per heavy atom. The number of thiophene rings is 1. The number of anilines is 1. The topological polar surface area (TPSA) is 94.1 Å². The van der Waals surface area contributed by atoms with E-state index in [1.165, 1.54) is 11.3 Å². The van der Waals surface area contributed by atoms with Gasteiger partial charge in [0.2, 0.25) is 5.91 Å². The Morgan fingerprint density at radius 2 is 1.85 bits per heavy atom. The Bertz CT molecular complexity index is 1210. The fraction of sp³-hybridized carbons (Fsp3) is 0.308. The average Bonchev–Trinajstić information content (AvgIpc) is 3.21. The van der Waals surface area contributed by atoms with Gasteiger partial charge in [-0.05, 0) is 41.3 Å². The quantitative estimate of drug-likeness (QED) is 0.432. The molecule has 2 aromatic carbocycles. The highest BCUT2D eigenvalue weighted by atomic mass is 32.1. The monoisotopic (exact) mass is 481 g/mol. The number of amides is 1. The second-order valence-corrected chi connectivity index (χ2v) is 9.55. The number of carboxylic acids is 1. The van der Waals surface area contributed by atoms with E-state index in [1.807, 2.05) is 18.2 Å². The van der Waals surface area contributed by atoms with Gasteiger partial charge in [0, 0.05) is 22.8 Å². The molecule has 2 heterocycles. The lowest BCUT2D eigenvalue weighted by atomic mass is 9.88. The van der Waals surface area contributed by atoms with Gasteiger partial charge < -0.3 is 24.6 Å². The van der Waals surface area contributed by atoms with Crippen molar-refractivity contribution in [1.29, 1.82) is 0 Å². The molecule has 1 aliphatic heterocycles.